The molecule has 2 aromatic rings. The highest BCUT2D eigenvalue weighted by Gasteiger charge is 2.18. The summed E-state index contributed by atoms with van der Waals surface area (Å²) >= 11 is 1.02. The Morgan fingerprint density at radius 3 is 2.31 bits per heavy atom. The van der Waals surface area contributed by atoms with Crippen molar-refractivity contribution in [2.75, 3.05) is 13.2 Å². The number of nitrogens with zero attached hydrogens (tertiary/aromatic N) is 2. The highest BCUT2D eigenvalue weighted by molar-refractivity contribution is 7.97. The molecule has 0 atom stereocenters. The van der Waals surface area contributed by atoms with Gasteiger partial charge in [0, 0.05) is 18.7 Å². The van der Waals surface area contributed by atoms with Gasteiger partial charge in [0.2, 0.25) is 5.75 Å². The molecule has 0 saturated carbocycles. The van der Waals surface area contributed by atoms with E-state index in [1.54, 1.807) is 18.2 Å². The Morgan fingerprint density at radius 1 is 1.00 bits per heavy atom. The minimum absolute atomic E-state index is 0.0401. The molecular formula is C15H13N3O7S. The average molecular weight is 379 g/mol. The maximum Gasteiger partial charge on any atom is 0.514 e. The van der Waals surface area contributed by atoms with E-state index in [2.05, 4.69) is 4.72 Å². The largest absolute Gasteiger partial charge is 0.514 e. The smallest absolute Gasteiger partial charge is 0.433 e. The van der Waals surface area contributed by atoms with Crippen molar-refractivity contribution in [3.8, 4) is 5.75 Å². The fourth-order valence-corrected chi connectivity index (χ4v) is 2.55. The predicted octanol–water partition coefficient (Wildman–Crippen LogP) is 3.32. The first-order valence-electron chi connectivity index (χ1n) is 7.20. The molecule has 0 spiro atoms. The van der Waals surface area contributed by atoms with Crippen molar-refractivity contribution in [3.63, 3.8) is 0 Å². The lowest BCUT2D eigenvalue weighted by Crippen LogP contribution is -2.18. The monoisotopic (exact) mass is 379 g/mol. The molecular weight excluding hydrogens is 366 g/mol. The summed E-state index contributed by atoms with van der Waals surface area (Å²) in [5.41, 5.74) is -0.392. The van der Waals surface area contributed by atoms with E-state index in [1.165, 1.54) is 30.3 Å². The maximum absolute atomic E-state index is 11.6. The second-order valence-electron chi connectivity index (χ2n) is 4.65. The number of carbonyl (C=O) groups is 1. The van der Waals surface area contributed by atoms with E-state index in [9.17, 15) is 25.0 Å². The molecule has 0 aliphatic carbocycles. The Hall–Kier alpha value is -3.18. The number of nitrogens with one attached hydrogen (secondary N) is 1. The first-order chi connectivity index (χ1) is 12.5. The summed E-state index contributed by atoms with van der Waals surface area (Å²) in [5, 5.41) is 21.7. The second kappa shape index (κ2) is 9.34. The molecule has 0 aliphatic heterocycles. The fourth-order valence-electron chi connectivity index (χ4n) is 1.81. The Morgan fingerprint density at radius 2 is 1.62 bits per heavy atom. The molecule has 2 aromatic carbocycles. The third-order valence-electron chi connectivity index (χ3n) is 2.92. The Balaban J connectivity index is 1.76. The molecule has 10 nitrogen and oxygen atoms in total. The van der Waals surface area contributed by atoms with Gasteiger partial charge < -0.3 is 9.47 Å². The fraction of sp³-hybridized carbons (Fsp3) is 0.133. The third kappa shape index (κ3) is 5.43. The van der Waals surface area contributed by atoms with Crippen LogP contribution in [0.3, 0.4) is 0 Å². The van der Waals surface area contributed by atoms with Crippen LogP contribution in [-0.2, 0) is 4.74 Å². The number of hydrogen-bond acceptors (Lipinski definition) is 9. The van der Waals surface area contributed by atoms with Crippen LogP contribution in [0, 0.1) is 20.2 Å². The van der Waals surface area contributed by atoms with Gasteiger partial charge in [0.1, 0.15) is 11.5 Å². The van der Waals surface area contributed by atoms with Gasteiger partial charge in [0.15, 0.2) is 0 Å². The lowest BCUT2D eigenvalue weighted by Gasteiger charge is -2.07. The first-order valence-corrected chi connectivity index (χ1v) is 8.02. The van der Waals surface area contributed by atoms with Crippen molar-refractivity contribution in [2.45, 2.75) is 4.90 Å². The third-order valence-corrected chi connectivity index (χ3v) is 3.84. The summed E-state index contributed by atoms with van der Waals surface area (Å²) in [7, 11) is 0. The van der Waals surface area contributed by atoms with Gasteiger partial charge in [0.25, 0.3) is 5.69 Å². The molecule has 0 aliphatic rings. The number of rotatable bonds is 8. The summed E-state index contributed by atoms with van der Waals surface area (Å²) in [6.07, 6.45) is -1.09. The summed E-state index contributed by atoms with van der Waals surface area (Å²) in [4.78, 5) is 32.5. The van der Waals surface area contributed by atoms with Crippen LogP contribution < -0.4 is 9.46 Å². The van der Waals surface area contributed by atoms with E-state index in [4.69, 9.17) is 9.47 Å². The first kappa shape index (κ1) is 19.1. The van der Waals surface area contributed by atoms with Gasteiger partial charge in [-0.25, -0.2) is 4.79 Å². The van der Waals surface area contributed by atoms with Crippen molar-refractivity contribution in [3.05, 3.63) is 68.8 Å². The van der Waals surface area contributed by atoms with Gasteiger partial charge in [0.05, 0.1) is 9.85 Å². The number of nitro groups is 2. The van der Waals surface area contributed by atoms with E-state index in [1.807, 2.05) is 0 Å². The normalized spacial score (nSPS) is 10.2. The van der Waals surface area contributed by atoms with E-state index in [-0.39, 0.29) is 30.3 Å². The Kier molecular flexibility index (Phi) is 6.88. The molecule has 0 heterocycles. The summed E-state index contributed by atoms with van der Waals surface area (Å²) in [5.74, 6) is -0.218. The van der Waals surface area contributed by atoms with E-state index in [0.717, 1.165) is 11.9 Å². The average Bonchev–Trinajstić information content (AvgIpc) is 2.62. The molecule has 11 heteroatoms. The van der Waals surface area contributed by atoms with Crippen molar-refractivity contribution < 1.29 is 24.1 Å². The molecule has 1 N–H and O–H groups in total. The molecule has 0 amide bonds. The number of ether oxygens (including phenoxy) is 2. The molecule has 0 bridgehead atoms. The van der Waals surface area contributed by atoms with Crippen LogP contribution >= 0.6 is 11.9 Å². The minimum atomic E-state index is -1.09. The van der Waals surface area contributed by atoms with Gasteiger partial charge in [-0.3, -0.25) is 25.0 Å². The number of carbonyl (C=O) groups excluding carboxylic acids is 1. The van der Waals surface area contributed by atoms with Crippen LogP contribution in [0.5, 0.6) is 5.75 Å². The van der Waals surface area contributed by atoms with E-state index >= 15 is 0 Å². The summed E-state index contributed by atoms with van der Waals surface area (Å²) < 4.78 is 12.4. The van der Waals surface area contributed by atoms with Crippen LogP contribution in [0.4, 0.5) is 16.2 Å². The van der Waals surface area contributed by atoms with Crippen LogP contribution in [0.15, 0.2) is 53.4 Å². The molecule has 26 heavy (non-hydrogen) atoms. The number of benzene rings is 2. The molecule has 0 unspecified atom stereocenters. The molecule has 0 aromatic heterocycles. The maximum atomic E-state index is 11.6. The van der Waals surface area contributed by atoms with Gasteiger partial charge in [-0.2, -0.15) is 0 Å². The molecule has 0 saturated heterocycles. The van der Waals surface area contributed by atoms with Gasteiger partial charge in [-0.05, 0) is 24.1 Å². The molecule has 0 fully saturated rings. The second-order valence-corrected chi connectivity index (χ2v) is 5.58. The van der Waals surface area contributed by atoms with Gasteiger partial charge >= 0.3 is 11.8 Å². The van der Waals surface area contributed by atoms with Crippen LogP contribution in [0.25, 0.3) is 0 Å². The zero-order valence-corrected chi connectivity index (χ0v) is 14.0. The summed E-state index contributed by atoms with van der Waals surface area (Å²) in [6.45, 7) is 0.0930. The van der Waals surface area contributed by atoms with Crippen LogP contribution in [0.1, 0.15) is 0 Å². The Bertz CT molecular complexity index is 815. The zero-order valence-electron chi connectivity index (χ0n) is 13.2. The number of para-hydroxylation sites is 3. The summed E-state index contributed by atoms with van der Waals surface area (Å²) in [6, 6.07) is 11.6. The van der Waals surface area contributed by atoms with Crippen LogP contribution in [-0.4, -0.2) is 29.2 Å². The van der Waals surface area contributed by atoms with Crippen molar-refractivity contribution in [1.82, 2.24) is 4.72 Å². The SMILES string of the molecule is O=C(OCCNSc1ccccc1[N+](=O)[O-])Oc1ccccc1[N+](=O)[O-]. The zero-order chi connectivity index (χ0) is 18.9. The van der Waals surface area contributed by atoms with Gasteiger partial charge in [-0.15, -0.1) is 0 Å². The molecule has 0 radical (unpaired) electrons. The van der Waals surface area contributed by atoms with Crippen molar-refractivity contribution in [2.24, 2.45) is 0 Å². The Labute approximate surface area is 151 Å². The highest BCUT2D eigenvalue weighted by Crippen LogP contribution is 2.27. The van der Waals surface area contributed by atoms with Gasteiger partial charge in [-0.1, -0.05) is 24.3 Å². The lowest BCUT2D eigenvalue weighted by molar-refractivity contribution is -0.387. The highest BCUT2D eigenvalue weighted by atomic mass is 32.2. The van der Waals surface area contributed by atoms with Crippen LogP contribution in [0.2, 0.25) is 0 Å². The van der Waals surface area contributed by atoms with Crippen molar-refractivity contribution in [1.29, 1.82) is 0 Å². The van der Waals surface area contributed by atoms with E-state index in [0.29, 0.717) is 4.90 Å². The van der Waals surface area contributed by atoms with Crippen molar-refractivity contribution >= 4 is 29.5 Å². The van der Waals surface area contributed by atoms with E-state index < -0.39 is 16.0 Å². The quantitative estimate of drug-likeness (QED) is 0.183. The standard InChI is InChI=1S/C15H13N3O7S/c19-15(25-13-7-3-1-5-11(13)17(20)21)24-10-9-16-26-14-8-4-2-6-12(14)18(22)23/h1-8,16H,9-10H2. The molecule has 2 rings (SSSR count). The minimum Gasteiger partial charge on any atom is -0.433 e. The lowest BCUT2D eigenvalue weighted by atomic mass is 10.3. The predicted molar refractivity (Wildman–Crippen MR) is 92.0 cm³/mol. The number of hydrogen-bond donors (Lipinski definition) is 1. The molecule has 136 valence electrons. The topological polar surface area (TPSA) is 134 Å². The number of nitro benzene ring substituents is 2.